The van der Waals surface area contributed by atoms with E-state index < -0.39 is 37.6 Å². The summed E-state index contributed by atoms with van der Waals surface area (Å²) in [5.41, 5.74) is 3.98. The summed E-state index contributed by atoms with van der Waals surface area (Å²) in [6.45, 7) is 9.37. The molecule has 6 heteroatoms. The van der Waals surface area contributed by atoms with E-state index in [1.165, 1.54) is 13.8 Å². The highest BCUT2D eigenvalue weighted by molar-refractivity contribution is 6.83. The van der Waals surface area contributed by atoms with Gasteiger partial charge in [0.15, 0.2) is 5.92 Å². The quantitative estimate of drug-likeness (QED) is 0.359. The van der Waals surface area contributed by atoms with Gasteiger partial charge in [-0.1, -0.05) is 31.8 Å². The number of ether oxygens (including phenoxy) is 3. The van der Waals surface area contributed by atoms with Crippen molar-refractivity contribution in [3.05, 3.63) is 29.8 Å². The van der Waals surface area contributed by atoms with Crippen LogP contribution in [0.15, 0.2) is 24.3 Å². The zero-order chi connectivity index (χ0) is 18.8. The molecule has 1 aliphatic rings. The van der Waals surface area contributed by atoms with E-state index in [-0.39, 0.29) is 0 Å². The van der Waals surface area contributed by atoms with E-state index in [1.807, 2.05) is 6.07 Å². The summed E-state index contributed by atoms with van der Waals surface area (Å²) < 4.78 is 15.8. The number of hydrogen-bond acceptors (Lipinski definition) is 5. The number of carbonyl (C=O) groups excluding carboxylic acids is 2. The minimum Gasteiger partial charge on any atom is -0.497 e. The molecule has 0 amide bonds. The second-order valence-electron chi connectivity index (χ2n) is 7.49. The van der Waals surface area contributed by atoms with Gasteiger partial charge in [0, 0.05) is 13.8 Å². The first kappa shape index (κ1) is 19.1. The van der Waals surface area contributed by atoms with Gasteiger partial charge in [-0.3, -0.25) is 9.59 Å². The second kappa shape index (κ2) is 6.93. The molecule has 0 saturated carbocycles. The molecule has 0 bridgehead atoms. The molecule has 0 N–H and O–H groups in total. The van der Waals surface area contributed by atoms with E-state index in [0.717, 1.165) is 5.56 Å². The summed E-state index contributed by atoms with van der Waals surface area (Å²) in [5, 5.41) is 0. The normalized spacial score (nSPS) is 18.5. The van der Waals surface area contributed by atoms with Gasteiger partial charge in [-0.15, -0.1) is 11.5 Å². The van der Waals surface area contributed by atoms with Crippen LogP contribution >= 0.6 is 0 Å². The lowest BCUT2D eigenvalue weighted by molar-refractivity contribution is -0.240. The first-order valence-corrected chi connectivity index (χ1v) is 11.6. The lowest BCUT2D eigenvalue weighted by atomic mass is 9.86. The Hall–Kier alpha value is -2.26. The molecule has 0 aromatic heterocycles. The molecule has 1 fully saturated rings. The SMILES string of the molecule is COc1cccc([C@@H](C#C[Si](C)(C)C)C2C(=O)OC(C)(C)OC2=O)c1. The van der Waals surface area contributed by atoms with Gasteiger partial charge in [0.05, 0.1) is 13.0 Å². The third-order valence-corrected chi connectivity index (χ3v) is 4.48. The minimum absolute atomic E-state index is 0.612. The lowest BCUT2D eigenvalue weighted by Crippen LogP contribution is -2.48. The predicted molar refractivity (Wildman–Crippen MR) is 96.6 cm³/mol. The molecule has 1 aromatic carbocycles. The molecular formula is C19H24O5Si. The Morgan fingerprint density at radius 1 is 1.16 bits per heavy atom. The van der Waals surface area contributed by atoms with Gasteiger partial charge in [-0.2, -0.15) is 0 Å². The number of carbonyl (C=O) groups is 2. The molecule has 1 saturated heterocycles. The van der Waals surface area contributed by atoms with Crippen LogP contribution in [0, 0.1) is 17.4 Å². The van der Waals surface area contributed by atoms with Gasteiger partial charge >= 0.3 is 11.9 Å². The molecule has 5 nitrogen and oxygen atoms in total. The van der Waals surface area contributed by atoms with Crippen molar-refractivity contribution in [1.82, 2.24) is 0 Å². The first-order chi connectivity index (χ1) is 11.5. The highest BCUT2D eigenvalue weighted by Crippen LogP contribution is 2.34. The highest BCUT2D eigenvalue weighted by Gasteiger charge is 2.47. The molecule has 0 radical (unpaired) electrons. The number of rotatable bonds is 3. The van der Waals surface area contributed by atoms with Crippen molar-refractivity contribution >= 4 is 20.0 Å². The van der Waals surface area contributed by atoms with Crippen LogP contribution in [0.2, 0.25) is 19.6 Å². The topological polar surface area (TPSA) is 61.8 Å². The van der Waals surface area contributed by atoms with Crippen LogP contribution < -0.4 is 4.74 Å². The predicted octanol–water partition coefficient (Wildman–Crippen LogP) is 3.11. The van der Waals surface area contributed by atoms with Gasteiger partial charge in [0.25, 0.3) is 5.79 Å². The van der Waals surface area contributed by atoms with Crippen molar-refractivity contribution in [3.63, 3.8) is 0 Å². The van der Waals surface area contributed by atoms with Crippen molar-refractivity contribution in [2.75, 3.05) is 7.11 Å². The number of cyclic esters (lactones) is 2. The first-order valence-electron chi connectivity index (χ1n) is 8.15. The fourth-order valence-corrected chi connectivity index (χ4v) is 3.08. The van der Waals surface area contributed by atoms with Gasteiger partial charge in [0.1, 0.15) is 13.8 Å². The van der Waals surface area contributed by atoms with Gasteiger partial charge in [0.2, 0.25) is 0 Å². The molecule has 2 rings (SSSR count). The molecule has 0 unspecified atom stereocenters. The zero-order valence-electron chi connectivity index (χ0n) is 15.5. The molecule has 1 aromatic rings. The van der Waals surface area contributed by atoms with Crippen molar-refractivity contribution < 1.29 is 23.8 Å². The van der Waals surface area contributed by atoms with Crippen molar-refractivity contribution in [2.24, 2.45) is 5.92 Å². The summed E-state index contributed by atoms with van der Waals surface area (Å²) in [6.07, 6.45) is 0. The highest BCUT2D eigenvalue weighted by atomic mass is 28.3. The molecule has 134 valence electrons. The monoisotopic (exact) mass is 360 g/mol. The summed E-state index contributed by atoms with van der Waals surface area (Å²) in [4.78, 5) is 25.0. The number of benzene rings is 1. The molecule has 0 spiro atoms. The standard InChI is InChI=1S/C19H24O5Si/c1-19(2)23-17(20)16(18(21)24-19)15(10-11-25(4,5)6)13-8-7-9-14(12-13)22-3/h7-9,12,15-16H,1-6H3/t15-/m1/s1. The maximum absolute atomic E-state index is 12.5. The van der Waals surface area contributed by atoms with E-state index in [0.29, 0.717) is 5.75 Å². The maximum Gasteiger partial charge on any atom is 0.325 e. The third-order valence-electron chi connectivity index (χ3n) is 3.59. The molecule has 1 aliphatic heterocycles. The van der Waals surface area contributed by atoms with Gasteiger partial charge < -0.3 is 14.2 Å². The summed E-state index contributed by atoms with van der Waals surface area (Å²) in [7, 11) is -0.144. The van der Waals surface area contributed by atoms with Crippen molar-refractivity contribution in [3.8, 4) is 17.2 Å². The van der Waals surface area contributed by atoms with E-state index in [9.17, 15) is 9.59 Å². The smallest absolute Gasteiger partial charge is 0.325 e. The van der Waals surface area contributed by atoms with E-state index in [4.69, 9.17) is 14.2 Å². The fraction of sp³-hybridized carbons (Fsp3) is 0.474. The summed E-state index contributed by atoms with van der Waals surface area (Å²) >= 11 is 0. The third kappa shape index (κ3) is 4.86. The Morgan fingerprint density at radius 2 is 1.76 bits per heavy atom. The van der Waals surface area contributed by atoms with Gasteiger partial charge in [-0.05, 0) is 17.7 Å². The maximum atomic E-state index is 12.5. The van der Waals surface area contributed by atoms with Crippen molar-refractivity contribution in [1.29, 1.82) is 0 Å². The second-order valence-corrected chi connectivity index (χ2v) is 12.2. The van der Waals surface area contributed by atoms with Gasteiger partial charge in [-0.25, -0.2) is 0 Å². The van der Waals surface area contributed by atoms with E-state index >= 15 is 0 Å². The average Bonchev–Trinajstić information content (AvgIpc) is 2.47. The van der Waals surface area contributed by atoms with Crippen LogP contribution in [0.1, 0.15) is 25.3 Å². The lowest BCUT2D eigenvalue weighted by Gasteiger charge is -2.34. The Kier molecular flexibility index (Phi) is 5.28. The summed E-state index contributed by atoms with van der Waals surface area (Å²) in [6, 6.07) is 7.21. The van der Waals surface area contributed by atoms with Crippen LogP contribution in [0.3, 0.4) is 0 Å². The number of hydrogen-bond donors (Lipinski definition) is 0. The number of methoxy groups -OCH3 is 1. The molecule has 1 atom stereocenters. The fourth-order valence-electron chi connectivity index (χ4n) is 2.49. The molecule has 25 heavy (non-hydrogen) atoms. The Balaban J connectivity index is 2.49. The van der Waals surface area contributed by atoms with Crippen LogP contribution in [0.25, 0.3) is 0 Å². The average molecular weight is 360 g/mol. The largest absolute Gasteiger partial charge is 0.497 e. The number of esters is 2. The van der Waals surface area contributed by atoms with Crippen LogP contribution in [-0.2, 0) is 19.1 Å². The Labute approximate surface area is 149 Å². The van der Waals surface area contributed by atoms with Crippen LogP contribution in [0.5, 0.6) is 5.75 Å². The van der Waals surface area contributed by atoms with Crippen molar-refractivity contribution in [2.45, 2.75) is 45.2 Å². The summed E-state index contributed by atoms with van der Waals surface area (Å²) in [5.74, 6) is -0.452. The minimum atomic E-state index is -1.71. The van der Waals surface area contributed by atoms with E-state index in [1.54, 1.807) is 25.3 Å². The van der Waals surface area contributed by atoms with Crippen LogP contribution in [0.4, 0.5) is 0 Å². The Morgan fingerprint density at radius 3 is 2.28 bits per heavy atom. The zero-order valence-corrected chi connectivity index (χ0v) is 16.5. The molecular weight excluding hydrogens is 336 g/mol. The van der Waals surface area contributed by atoms with E-state index in [2.05, 4.69) is 31.1 Å². The molecule has 1 heterocycles. The Bertz CT molecular complexity index is 716. The van der Waals surface area contributed by atoms with Crippen LogP contribution in [-0.4, -0.2) is 32.9 Å². The molecule has 0 aliphatic carbocycles.